The Kier molecular flexibility index (Phi) is 7.30. The van der Waals surface area contributed by atoms with Gasteiger partial charge in [-0.3, -0.25) is 9.52 Å². The van der Waals surface area contributed by atoms with Gasteiger partial charge < -0.3 is 14.5 Å². The second-order valence-electron chi connectivity index (χ2n) is 6.99. The molecule has 0 radical (unpaired) electrons. The van der Waals surface area contributed by atoms with Crippen molar-refractivity contribution in [3.8, 4) is 5.75 Å². The van der Waals surface area contributed by atoms with E-state index in [0.29, 0.717) is 39.9 Å². The van der Waals surface area contributed by atoms with Crippen LogP contribution >= 0.6 is 23.4 Å². The zero-order valence-corrected chi connectivity index (χ0v) is 20.3. The molecular formula is C23H20ClN3O5S2. The van der Waals surface area contributed by atoms with Crippen LogP contribution < -0.4 is 14.8 Å². The van der Waals surface area contributed by atoms with Gasteiger partial charge in [0.25, 0.3) is 15.2 Å². The summed E-state index contributed by atoms with van der Waals surface area (Å²) >= 11 is 6.95. The summed E-state index contributed by atoms with van der Waals surface area (Å²) in [6.07, 6.45) is 0. The van der Waals surface area contributed by atoms with E-state index in [9.17, 15) is 13.2 Å². The van der Waals surface area contributed by atoms with Crippen molar-refractivity contribution in [1.82, 2.24) is 4.98 Å². The fraction of sp³-hybridized carbons (Fsp3) is 0.130. The molecule has 3 aromatic carbocycles. The molecule has 0 aliphatic rings. The minimum atomic E-state index is -3.84. The van der Waals surface area contributed by atoms with E-state index >= 15 is 0 Å². The molecule has 0 saturated heterocycles. The molecule has 0 aliphatic heterocycles. The smallest absolute Gasteiger partial charge is 0.261 e. The maximum Gasteiger partial charge on any atom is 0.261 e. The zero-order chi connectivity index (χ0) is 24.1. The van der Waals surface area contributed by atoms with Crippen LogP contribution in [0.15, 0.2) is 81.3 Å². The van der Waals surface area contributed by atoms with E-state index in [0.717, 1.165) is 11.8 Å². The van der Waals surface area contributed by atoms with Crippen LogP contribution in [0.1, 0.15) is 6.92 Å². The lowest BCUT2D eigenvalue weighted by Crippen LogP contribution is -2.14. The lowest BCUT2D eigenvalue weighted by Gasteiger charge is -2.10. The minimum Gasteiger partial charge on any atom is -0.492 e. The molecule has 4 rings (SSSR count). The molecule has 11 heteroatoms. The summed E-state index contributed by atoms with van der Waals surface area (Å²) in [5, 5.41) is 3.56. The fourth-order valence-electron chi connectivity index (χ4n) is 3.01. The average molecular weight is 518 g/mol. The monoisotopic (exact) mass is 517 g/mol. The number of para-hydroxylation sites is 2. The Morgan fingerprint density at radius 2 is 1.88 bits per heavy atom. The summed E-state index contributed by atoms with van der Waals surface area (Å²) in [6, 6.07) is 17.9. The number of sulfonamides is 1. The number of anilines is 2. The summed E-state index contributed by atoms with van der Waals surface area (Å²) in [7, 11) is -3.84. The van der Waals surface area contributed by atoms with Crippen molar-refractivity contribution < 1.29 is 22.4 Å². The maximum absolute atomic E-state index is 12.7. The van der Waals surface area contributed by atoms with Gasteiger partial charge in [-0.15, -0.1) is 0 Å². The summed E-state index contributed by atoms with van der Waals surface area (Å²) in [6.45, 7) is 2.35. The number of rotatable bonds is 9. The number of carbonyl (C=O) groups is 1. The van der Waals surface area contributed by atoms with Gasteiger partial charge in [0.2, 0.25) is 5.91 Å². The van der Waals surface area contributed by atoms with Crippen LogP contribution in [0.2, 0.25) is 5.02 Å². The quantitative estimate of drug-likeness (QED) is 0.285. The molecule has 176 valence electrons. The summed E-state index contributed by atoms with van der Waals surface area (Å²) < 4.78 is 39.1. The molecule has 1 amide bonds. The predicted octanol–water partition coefficient (Wildman–Crippen LogP) is 5.41. The van der Waals surface area contributed by atoms with Crippen LogP contribution in [-0.4, -0.2) is 31.7 Å². The standard InChI is InChI=1S/C23H20ClN3O5S2/c1-2-31-20-6-4-3-5-18(20)25-22(28)14-33-23-26-19-13-17(11-12-21(19)32-23)34(29,30)27-16-9-7-15(24)8-10-16/h3-13,27H,2,14H2,1H3,(H,25,28). The first kappa shape index (κ1) is 23.9. The van der Waals surface area contributed by atoms with Gasteiger partial charge in [0.15, 0.2) is 5.58 Å². The Labute approximate surface area is 205 Å². The molecule has 34 heavy (non-hydrogen) atoms. The van der Waals surface area contributed by atoms with Gasteiger partial charge in [0, 0.05) is 10.7 Å². The molecule has 1 heterocycles. The number of hydrogen-bond donors (Lipinski definition) is 2. The van der Waals surface area contributed by atoms with Crippen molar-refractivity contribution in [2.24, 2.45) is 0 Å². The lowest BCUT2D eigenvalue weighted by atomic mass is 10.3. The average Bonchev–Trinajstić information content (AvgIpc) is 3.23. The number of nitrogens with one attached hydrogen (secondary N) is 2. The maximum atomic E-state index is 12.7. The van der Waals surface area contributed by atoms with E-state index in [2.05, 4.69) is 15.0 Å². The number of nitrogens with zero attached hydrogens (tertiary/aromatic N) is 1. The number of amides is 1. The van der Waals surface area contributed by atoms with E-state index in [1.807, 2.05) is 13.0 Å². The van der Waals surface area contributed by atoms with Gasteiger partial charge in [0.05, 0.1) is 22.9 Å². The Bertz CT molecular complexity index is 1420. The third kappa shape index (κ3) is 5.82. The Hall–Kier alpha value is -3.21. The van der Waals surface area contributed by atoms with E-state index in [1.54, 1.807) is 42.5 Å². The number of oxazole rings is 1. The second kappa shape index (κ2) is 10.4. The lowest BCUT2D eigenvalue weighted by molar-refractivity contribution is -0.113. The highest BCUT2D eigenvalue weighted by Crippen LogP contribution is 2.28. The molecule has 1 aromatic heterocycles. The second-order valence-corrected chi connectivity index (χ2v) is 10.0. The molecule has 0 atom stereocenters. The number of benzene rings is 3. The SMILES string of the molecule is CCOc1ccccc1NC(=O)CSc1nc2cc(S(=O)(=O)Nc3ccc(Cl)cc3)ccc2o1. The van der Waals surface area contributed by atoms with Crippen molar-refractivity contribution in [3.05, 3.63) is 71.8 Å². The van der Waals surface area contributed by atoms with Gasteiger partial charge >= 0.3 is 0 Å². The highest BCUT2D eigenvalue weighted by atomic mass is 35.5. The van der Waals surface area contributed by atoms with Crippen molar-refractivity contribution in [2.45, 2.75) is 17.0 Å². The topological polar surface area (TPSA) is 111 Å². The van der Waals surface area contributed by atoms with Gasteiger partial charge in [0.1, 0.15) is 11.3 Å². The first-order valence-corrected chi connectivity index (χ1v) is 13.0. The molecule has 0 bridgehead atoms. The van der Waals surface area contributed by atoms with Crippen molar-refractivity contribution in [2.75, 3.05) is 22.4 Å². The number of thioether (sulfide) groups is 1. The molecule has 0 fully saturated rings. The fourth-order valence-corrected chi connectivity index (χ4v) is 4.85. The summed E-state index contributed by atoms with van der Waals surface area (Å²) in [4.78, 5) is 16.7. The summed E-state index contributed by atoms with van der Waals surface area (Å²) in [5.74, 6) is 0.386. The number of halogens is 1. The zero-order valence-electron chi connectivity index (χ0n) is 17.9. The van der Waals surface area contributed by atoms with E-state index in [1.165, 1.54) is 18.2 Å². The van der Waals surface area contributed by atoms with Gasteiger partial charge in [-0.25, -0.2) is 13.4 Å². The predicted molar refractivity (Wildman–Crippen MR) is 133 cm³/mol. The van der Waals surface area contributed by atoms with Crippen LogP contribution in [0.3, 0.4) is 0 Å². The minimum absolute atomic E-state index is 0.0325. The van der Waals surface area contributed by atoms with Crippen molar-refractivity contribution in [3.63, 3.8) is 0 Å². The largest absolute Gasteiger partial charge is 0.492 e. The first-order chi connectivity index (χ1) is 16.3. The van der Waals surface area contributed by atoms with Crippen LogP contribution in [0.4, 0.5) is 11.4 Å². The molecule has 8 nitrogen and oxygen atoms in total. The Morgan fingerprint density at radius 3 is 2.65 bits per heavy atom. The Balaban J connectivity index is 1.43. The van der Waals surface area contributed by atoms with Crippen LogP contribution in [0.5, 0.6) is 5.75 Å². The molecule has 0 unspecified atom stereocenters. The van der Waals surface area contributed by atoms with E-state index < -0.39 is 10.0 Å². The molecule has 0 aliphatic carbocycles. The molecular weight excluding hydrogens is 498 g/mol. The molecule has 0 spiro atoms. The van der Waals surface area contributed by atoms with Crippen molar-refractivity contribution in [1.29, 1.82) is 0 Å². The first-order valence-electron chi connectivity index (χ1n) is 10.2. The Morgan fingerprint density at radius 1 is 1.12 bits per heavy atom. The third-order valence-corrected chi connectivity index (χ3v) is 6.99. The van der Waals surface area contributed by atoms with Crippen molar-refractivity contribution >= 4 is 61.8 Å². The molecule has 4 aromatic rings. The normalized spacial score (nSPS) is 11.4. The number of ether oxygens (including phenoxy) is 1. The van der Waals surface area contributed by atoms with Crippen LogP contribution in [0.25, 0.3) is 11.1 Å². The van der Waals surface area contributed by atoms with E-state index in [-0.39, 0.29) is 21.8 Å². The molecule has 2 N–H and O–H groups in total. The summed E-state index contributed by atoms with van der Waals surface area (Å²) in [5.41, 5.74) is 1.74. The van der Waals surface area contributed by atoms with Crippen LogP contribution in [-0.2, 0) is 14.8 Å². The van der Waals surface area contributed by atoms with Crippen LogP contribution in [0, 0.1) is 0 Å². The van der Waals surface area contributed by atoms with E-state index in [4.69, 9.17) is 20.8 Å². The van der Waals surface area contributed by atoms with Gasteiger partial charge in [-0.2, -0.15) is 0 Å². The number of fused-ring (bicyclic) bond motifs is 1. The number of carbonyl (C=O) groups excluding carboxylic acids is 1. The number of aromatic nitrogens is 1. The highest BCUT2D eigenvalue weighted by molar-refractivity contribution is 7.99. The van der Waals surface area contributed by atoms with Gasteiger partial charge in [-0.05, 0) is 61.5 Å². The third-order valence-electron chi connectivity index (χ3n) is 4.53. The highest BCUT2D eigenvalue weighted by Gasteiger charge is 2.18. The molecule has 0 saturated carbocycles. The number of hydrogen-bond acceptors (Lipinski definition) is 7. The van der Waals surface area contributed by atoms with Gasteiger partial charge in [-0.1, -0.05) is 35.5 Å².